The van der Waals surface area contributed by atoms with Gasteiger partial charge in [-0.25, -0.2) is 0 Å². The van der Waals surface area contributed by atoms with Crippen LogP contribution in [0.15, 0.2) is 34.8 Å². The van der Waals surface area contributed by atoms with Gasteiger partial charge in [0.2, 0.25) is 0 Å². The van der Waals surface area contributed by atoms with Crippen molar-refractivity contribution in [1.29, 1.82) is 0 Å². The summed E-state index contributed by atoms with van der Waals surface area (Å²) in [5.74, 6) is 0. The van der Waals surface area contributed by atoms with Crippen molar-refractivity contribution < 1.29 is 13.2 Å². The van der Waals surface area contributed by atoms with E-state index >= 15 is 0 Å². The zero-order chi connectivity index (χ0) is 15.3. The second-order valence-corrected chi connectivity index (χ2v) is 5.76. The van der Waals surface area contributed by atoms with E-state index in [1.807, 2.05) is 13.8 Å². The van der Waals surface area contributed by atoms with Crippen molar-refractivity contribution >= 4 is 15.9 Å². The highest BCUT2D eigenvalue weighted by atomic mass is 79.9. The van der Waals surface area contributed by atoms with Gasteiger partial charge in [0.15, 0.2) is 0 Å². The van der Waals surface area contributed by atoms with Crippen molar-refractivity contribution in [3.8, 4) is 0 Å². The van der Waals surface area contributed by atoms with Gasteiger partial charge in [-0.15, -0.1) is 6.58 Å². The molecule has 0 saturated heterocycles. The van der Waals surface area contributed by atoms with Crippen LogP contribution in [-0.4, -0.2) is 6.54 Å². The summed E-state index contributed by atoms with van der Waals surface area (Å²) in [5, 5.41) is 3.28. The molecule has 0 bridgehead atoms. The van der Waals surface area contributed by atoms with Crippen molar-refractivity contribution in [3.05, 3.63) is 46.0 Å². The molecule has 1 atom stereocenters. The van der Waals surface area contributed by atoms with Crippen molar-refractivity contribution in [2.45, 2.75) is 38.9 Å². The molecule has 0 radical (unpaired) electrons. The minimum absolute atomic E-state index is 0.163. The zero-order valence-electron chi connectivity index (χ0n) is 11.6. The maximum Gasteiger partial charge on any atom is 0.416 e. The second kappa shape index (κ2) is 7.27. The van der Waals surface area contributed by atoms with Crippen molar-refractivity contribution in [2.75, 3.05) is 6.54 Å². The molecule has 0 aliphatic carbocycles. The molecule has 0 heterocycles. The van der Waals surface area contributed by atoms with E-state index in [9.17, 15) is 13.2 Å². The number of halogens is 4. The molecule has 1 rings (SSSR count). The summed E-state index contributed by atoms with van der Waals surface area (Å²) in [6.07, 6.45) is -2.79. The van der Waals surface area contributed by atoms with Gasteiger partial charge in [0.25, 0.3) is 0 Å². The lowest BCUT2D eigenvalue weighted by molar-refractivity contribution is -0.137. The lowest BCUT2D eigenvalue weighted by atomic mass is 9.98. The Labute approximate surface area is 126 Å². The maximum atomic E-state index is 12.8. The van der Waals surface area contributed by atoms with E-state index in [2.05, 4.69) is 27.8 Å². The van der Waals surface area contributed by atoms with Gasteiger partial charge >= 0.3 is 6.18 Å². The molecule has 1 N–H and O–H groups in total. The predicted molar refractivity (Wildman–Crippen MR) is 79.6 cm³/mol. The number of hydrogen-bond acceptors (Lipinski definition) is 1. The van der Waals surface area contributed by atoms with Crippen LogP contribution < -0.4 is 5.32 Å². The third kappa shape index (κ3) is 4.94. The van der Waals surface area contributed by atoms with Crippen LogP contribution in [0.1, 0.15) is 43.9 Å². The highest BCUT2D eigenvalue weighted by molar-refractivity contribution is 9.10. The first kappa shape index (κ1) is 17.2. The van der Waals surface area contributed by atoms with Crippen LogP contribution >= 0.6 is 15.9 Å². The first-order valence-electron chi connectivity index (χ1n) is 6.50. The molecule has 0 aliphatic rings. The Morgan fingerprint density at radius 2 is 2.05 bits per heavy atom. The van der Waals surface area contributed by atoms with E-state index in [-0.39, 0.29) is 6.04 Å². The van der Waals surface area contributed by atoms with Crippen LogP contribution in [0.25, 0.3) is 0 Å². The van der Waals surface area contributed by atoms with Gasteiger partial charge in [0, 0.05) is 10.5 Å². The summed E-state index contributed by atoms with van der Waals surface area (Å²) in [4.78, 5) is 0. The van der Waals surface area contributed by atoms with Crippen LogP contribution in [0, 0.1) is 0 Å². The average molecular weight is 350 g/mol. The number of alkyl halides is 3. The largest absolute Gasteiger partial charge is 0.416 e. The standard InChI is InChI=1S/C15H19BrF3N/c1-4-7-20-14(8-10(2)3)12-9-11(15(17,18)19)5-6-13(12)16/h5-6,9,14,20H,2,4,7-8H2,1,3H3. The fourth-order valence-electron chi connectivity index (χ4n) is 1.95. The molecule has 0 aromatic heterocycles. The molecular formula is C15H19BrF3N. The highest BCUT2D eigenvalue weighted by Gasteiger charge is 2.31. The van der Waals surface area contributed by atoms with E-state index < -0.39 is 11.7 Å². The molecule has 1 aromatic rings. The van der Waals surface area contributed by atoms with Crippen LogP contribution in [0.4, 0.5) is 13.2 Å². The Morgan fingerprint density at radius 3 is 2.55 bits per heavy atom. The van der Waals surface area contributed by atoms with Crippen LogP contribution in [0.5, 0.6) is 0 Å². The molecule has 0 amide bonds. The molecular weight excluding hydrogens is 331 g/mol. The molecule has 5 heteroatoms. The van der Waals surface area contributed by atoms with Gasteiger partial charge in [-0.05, 0) is 50.1 Å². The van der Waals surface area contributed by atoms with E-state index in [1.54, 1.807) is 0 Å². The van der Waals surface area contributed by atoms with E-state index in [0.717, 1.165) is 24.6 Å². The van der Waals surface area contributed by atoms with E-state index in [0.29, 0.717) is 16.5 Å². The van der Waals surface area contributed by atoms with Crippen LogP contribution in [-0.2, 0) is 6.18 Å². The Bertz CT molecular complexity index is 469. The smallest absolute Gasteiger partial charge is 0.310 e. The van der Waals surface area contributed by atoms with Crippen LogP contribution in [0.2, 0.25) is 0 Å². The molecule has 0 spiro atoms. The minimum atomic E-state index is -4.33. The van der Waals surface area contributed by atoms with E-state index in [4.69, 9.17) is 0 Å². The van der Waals surface area contributed by atoms with Crippen molar-refractivity contribution in [1.82, 2.24) is 5.32 Å². The third-order valence-electron chi connectivity index (χ3n) is 2.89. The Hall–Kier alpha value is -0.810. The van der Waals surface area contributed by atoms with Gasteiger partial charge in [-0.2, -0.15) is 13.2 Å². The van der Waals surface area contributed by atoms with Crippen molar-refractivity contribution in [2.24, 2.45) is 0 Å². The SMILES string of the molecule is C=C(C)CC(NCCC)c1cc(C(F)(F)F)ccc1Br. The summed E-state index contributed by atoms with van der Waals surface area (Å²) < 4.78 is 39.2. The van der Waals surface area contributed by atoms with Gasteiger partial charge in [-0.3, -0.25) is 0 Å². The Morgan fingerprint density at radius 1 is 1.40 bits per heavy atom. The fourth-order valence-corrected chi connectivity index (χ4v) is 2.47. The van der Waals surface area contributed by atoms with Gasteiger partial charge in [-0.1, -0.05) is 28.4 Å². The molecule has 1 nitrogen and oxygen atoms in total. The first-order chi connectivity index (χ1) is 9.25. The fraction of sp³-hybridized carbons (Fsp3) is 0.467. The monoisotopic (exact) mass is 349 g/mol. The lowest BCUT2D eigenvalue weighted by Crippen LogP contribution is -2.23. The number of nitrogens with one attached hydrogen (secondary N) is 1. The number of benzene rings is 1. The quantitative estimate of drug-likeness (QED) is 0.671. The van der Waals surface area contributed by atoms with Gasteiger partial charge in [0.05, 0.1) is 5.56 Å². The molecule has 1 aromatic carbocycles. The number of hydrogen-bond donors (Lipinski definition) is 1. The minimum Gasteiger partial charge on any atom is -0.310 e. The predicted octanol–water partition coefficient (Wildman–Crippen LogP) is 5.47. The van der Waals surface area contributed by atoms with Gasteiger partial charge < -0.3 is 5.32 Å². The first-order valence-corrected chi connectivity index (χ1v) is 7.29. The summed E-state index contributed by atoms with van der Waals surface area (Å²) in [6, 6.07) is 3.59. The normalized spacial score (nSPS) is 13.3. The lowest BCUT2D eigenvalue weighted by Gasteiger charge is -2.22. The summed E-state index contributed by atoms with van der Waals surface area (Å²) in [5.41, 5.74) is 0.930. The highest BCUT2D eigenvalue weighted by Crippen LogP contribution is 2.35. The second-order valence-electron chi connectivity index (χ2n) is 4.90. The van der Waals surface area contributed by atoms with E-state index in [1.165, 1.54) is 12.1 Å². The Kier molecular flexibility index (Phi) is 6.27. The maximum absolute atomic E-state index is 12.8. The Balaban J connectivity index is 3.13. The molecule has 20 heavy (non-hydrogen) atoms. The zero-order valence-corrected chi connectivity index (χ0v) is 13.2. The molecule has 0 fully saturated rings. The molecule has 112 valence electrons. The molecule has 1 unspecified atom stereocenters. The summed E-state index contributed by atoms with van der Waals surface area (Å²) in [7, 11) is 0. The summed E-state index contributed by atoms with van der Waals surface area (Å²) in [6.45, 7) is 8.50. The average Bonchev–Trinajstić information content (AvgIpc) is 2.33. The van der Waals surface area contributed by atoms with Crippen LogP contribution in [0.3, 0.4) is 0 Å². The molecule has 0 saturated carbocycles. The summed E-state index contributed by atoms with van der Waals surface area (Å²) >= 11 is 3.34. The number of rotatable bonds is 6. The van der Waals surface area contributed by atoms with Gasteiger partial charge in [0.1, 0.15) is 0 Å². The topological polar surface area (TPSA) is 12.0 Å². The third-order valence-corrected chi connectivity index (χ3v) is 3.61. The molecule has 0 aliphatic heterocycles. The van der Waals surface area contributed by atoms with Crippen molar-refractivity contribution in [3.63, 3.8) is 0 Å².